The molecular formula is C18H21NO2S. The average molecular weight is 315 g/mol. The van der Waals surface area contributed by atoms with Gasteiger partial charge in [-0.15, -0.1) is 4.72 Å². The van der Waals surface area contributed by atoms with E-state index in [1.54, 1.807) is 0 Å². The predicted octanol–water partition coefficient (Wildman–Crippen LogP) is 4.70. The number of nitrogens with one attached hydrogen (secondary N) is 1. The van der Waals surface area contributed by atoms with E-state index in [0.29, 0.717) is 0 Å². The normalized spacial score (nSPS) is 15.3. The van der Waals surface area contributed by atoms with E-state index in [2.05, 4.69) is 16.9 Å². The zero-order valence-corrected chi connectivity index (χ0v) is 14.2. The Balaban J connectivity index is 1.96. The number of benzene rings is 2. The molecule has 4 heteroatoms. The lowest BCUT2D eigenvalue weighted by atomic mass is 10.1. The van der Waals surface area contributed by atoms with Gasteiger partial charge in [-0.3, -0.25) is 0 Å². The van der Waals surface area contributed by atoms with Gasteiger partial charge in [-0.2, -0.15) is 0 Å². The molecule has 0 unspecified atom stereocenters. The van der Waals surface area contributed by atoms with Crippen LogP contribution in [0.5, 0.6) is 0 Å². The summed E-state index contributed by atoms with van der Waals surface area (Å²) in [6, 6.07) is 14.2. The van der Waals surface area contributed by atoms with Crippen molar-refractivity contribution in [1.82, 2.24) is 4.72 Å². The Hall–Kier alpha value is -1.49. The maximum atomic E-state index is 12.3. The lowest BCUT2D eigenvalue weighted by Gasteiger charge is -2.26. The zero-order chi connectivity index (χ0) is 15.9. The Morgan fingerprint density at radius 3 is 2.45 bits per heavy atom. The van der Waals surface area contributed by atoms with Crippen molar-refractivity contribution in [2.24, 2.45) is 0 Å². The van der Waals surface area contributed by atoms with Crippen molar-refractivity contribution < 1.29 is 8.97 Å². The second-order valence-electron chi connectivity index (χ2n) is 6.57. The largest absolute Gasteiger partial charge is 0.598 e. The Morgan fingerprint density at radius 1 is 1.05 bits per heavy atom. The number of furan rings is 1. The zero-order valence-electron chi connectivity index (χ0n) is 13.3. The molecule has 3 nitrogen and oxygen atoms in total. The minimum Gasteiger partial charge on any atom is -0.598 e. The second kappa shape index (κ2) is 5.61. The predicted molar refractivity (Wildman–Crippen MR) is 93.2 cm³/mol. The molecule has 3 aromatic rings. The molecule has 0 radical (unpaired) electrons. The lowest BCUT2D eigenvalue weighted by molar-refractivity contribution is 0.531. The summed E-state index contributed by atoms with van der Waals surface area (Å²) in [7, 11) is 0. The molecule has 3 rings (SSSR count). The van der Waals surface area contributed by atoms with Gasteiger partial charge in [0.05, 0.1) is 6.04 Å². The third-order valence-electron chi connectivity index (χ3n) is 3.74. The van der Waals surface area contributed by atoms with Crippen LogP contribution < -0.4 is 4.72 Å². The van der Waals surface area contributed by atoms with E-state index in [9.17, 15) is 4.55 Å². The van der Waals surface area contributed by atoms with Gasteiger partial charge in [0.15, 0.2) is 0 Å². The molecule has 0 aliphatic rings. The molecule has 0 amide bonds. The van der Waals surface area contributed by atoms with Crippen LogP contribution in [0.25, 0.3) is 21.9 Å². The maximum Gasteiger partial charge on any atom is 0.136 e. The summed E-state index contributed by atoms with van der Waals surface area (Å²) >= 11 is -1.09. The van der Waals surface area contributed by atoms with E-state index in [0.717, 1.165) is 27.5 Å². The third kappa shape index (κ3) is 2.86. The molecule has 0 bridgehead atoms. The van der Waals surface area contributed by atoms with E-state index < -0.39 is 11.4 Å². The van der Waals surface area contributed by atoms with Crippen molar-refractivity contribution in [3.8, 4) is 0 Å². The van der Waals surface area contributed by atoms with Crippen LogP contribution in [0.3, 0.4) is 0 Å². The van der Waals surface area contributed by atoms with Crippen molar-refractivity contribution in [2.45, 2.75) is 38.5 Å². The highest BCUT2D eigenvalue weighted by atomic mass is 32.2. The van der Waals surface area contributed by atoms with Crippen molar-refractivity contribution in [3.63, 3.8) is 0 Å². The summed E-state index contributed by atoms with van der Waals surface area (Å²) in [5, 5.41) is 2.21. The smallest absolute Gasteiger partial charge is 0.136 e. The molecule has 0 saturated carbocycles. The van der Waals surface area contributed by atoms with Crippen LogP contribution in [-0.4, -0.2) is 9.30 Å². The van der Waals surface area contributed by atoms with Crippen LogP contribution in [0.1, 0.15) is 39.3 Å². The molecule has 0 saturated heterocycles. The summed E-state index contributed by atoms with van der Waals surface area (Å²) in [4.78, 5) is 0. The van der Waals surface area contributed by atoms with Crippen molar-refractivity contribution in [1.29, 1.82) is 0 Å². The molecule has 2 atom stereocenters. The number of para-hydroxylation sites is 1. The van der Waals surface area contributed by atoms with E-state index in [-0.39, 0.29) is 10.8 Å². The lowest BCUT2D eigenvalue weighted by Crippen LogP contribution is -2.40. The minimum atomic E-state index is -1.09. The highest BCUT2D eigenvalue weighted by Crippen LogP contribution is 2.31. The van der Waals surface area contributed by atoms with Gasteiger partial charge in [-0.1, -0.05) is 24.3 Å². The molecule has 0 fully saturated rings. The quantitative estimate of drug-likeness (QED) is 0.713. The SMILES string of the molecule is C[C@H](N[S@@+]([O-])C(C)(C)C)c1ccc2oc3ccccc3c2c1. The van der Waals surface area contributed by atoms with Crippen LogP contribution in [0.15, 0.2) is 46.9 Å². The molecule has 116 valence electrons. The van der Waals surface area contributed by atoms with Gasteiger partial charge in [0.25, 0.3) is 0 Å². The van der Waals surface area contributed by atoms with E-state index in [1.807, 2.05) is 58.0 Å². The van der Waals surface area contributed by atoms with Crippen LogP contribution in [0.4, 0.5) is 0 Å². The van der Waals surface area contributed by atoms with E-state index in [1.165, 1.54) is 0 Å². The summed E-state index contributed by atoms with van der Waals surface area (Å²) < 4.78 is 21.0. The van der Waals surface area contributed by atoms with Crippen molar-refractivity contribution in [2.75, 3.05) is 0 Å². The standard InChI is InChI=1S/C18H21NO2S/c1-12(19-22(20)18(2,3)4)13-9-10-17-15(11-13)14-7-5-6-8-16(14)21-17/h5-12,19H,1-4H3/t12-,22-/m0/s1. The van der Waals surface area contributed by atoms with Crippen molar-refractivity contribution >= 4 is 33.3 Å². The van der Waals surface area contributed by atoms with Gasteiger partial charge in [0, 0.05) is 22.1 Å². The van der Waals surface area contributed by atoms with Crippen LogP contribution >= 0.6 is 0 Å². The molecule has 1 aromatic heterocycles. The van der Waals surface area contributed by atoms with E-state index in [4.69, 9.17) is 4.42 Å². The monoisotopic (exact) mass is 315 g/mol. The average Bonchev–Trinajstić information content (AvgIpc) is 2.83. The summed E-state index contributed by atoms with van der Waals surface area (Å²) in [6.07, 6.45) is 0. The van der Waals surface area contributed by atoms with E-state index >= 15 is 0 Å². The first-order chi connectivity index (χ1) is 10.4. The summed E-state index contributed by atoms with van der Waals surface area (Å²) in [5.74, 6) is 0. The fourth-order valence-electron chi connectivity index (χ4n) is 2.42. The Morgan fingerprint density at radius 2 is 1.73 bits per heavy atom. The summed E-state index contributed by atoms with van der Waals surface area (Å²) in [6.45, 7) is 7.94. The second-order valence-corrected chi connectivity index (χ2v) is 8.57. The minimum absolute atomic E-state index is 0.0121. The van der Waals surface area contributed by atoms with Crippen LogP contribution in [0, 0.1) is 0 Å². The van der Waals surface area contributed by atoms with Gasteiger partial charge in [0.2, 0.25) is 0 Å². The first-order valence-electron chi connectivity index (χ1n) is 7.45. The first kappa shape index (κ1) is 15.4. The maximum absolute atomic E-state index is 12.3. The van der Waals surface area contributed by atoms with Gasteiger partial charge < -0.3 is 8.97 Å². The fraction of sp³-hybridized carbons (Fsp3) is 0.333. The number of fused-ring (bicyclic) bond motifs is 3. The molecule has 0 spiro atoms. The summed E-state index contributed by atoms with van der Waals surface area (Å²) in [5.41, 5.74) is 2.89. The Bertz CT molecular complexity index is 804. The van der Waals surface area contributed by atoms with Gasteiger partial charge in [0.1, 0.15) is 15.9 Å². The molecule has 0 aliphatic carbocycles. The third-order valence-corrected chi connectivity index (χ3v) is 5.42. The molecular weight excluding hydrogens is 294 g/mol. The molecule has 1 N–H and O–H groups in total. The topological polar surface area (TPSA) is 48.2 Å². The van der Waals surface area contributed by atoms with Crippen LogP contribution in [-0.2, 0) is 11.4 Å². The highest BCUT2D eigenvalue weighted by molar-refractivity contribution is 7.90. The Kier molecular flexibility index (Phi) is 3.93. The number of hydrogen-bond acceptors (Lipinski definition) is 3. The molecule has 22 heavy (non-hydrogen) atoms. The van der Waals surface area contributed by atoms with Gasteiger partial charge in [-0.05, 0) is 51.5 Å². The molecule has 2 aromatic carbocycles. The molecule has 0 aliphatic heterocycles. The van der Waals surface area contributed by atoms with Gasteiger partial charge >= 0.3 is 0 Å². The fourth-order valence-corrected chi connectivity index (χ4v) is 3.23. The highest BCUT2D eigenvalue weighted by Gasteiger charge is 2.28. The Labute approximate surface area is 134 Å². The first-order valence-corrected chi connectivity index (χ1v) is 8.60. The number of rotatable bonds is 3. The number of hydrogen-bond donors (Lipinski definition) is 1. The molecule has 1 heterocycles. The van der Waals surface area contributed by atoms with Gasteiger partial charge in [-0.25, -0.2) is 0 Å². The van der Waals surface area contributed by atoms with Crippen molar-refractivity contribution in [3.05, 3.63) is 48.0 Å². The van der Waals surface area contributed by atoms with Crippen LogP contribution in [0.2, 0.25) is 0 Å².